The molecule has 1 aliphatic heterocycles. The monoisotopic (exact) mass is 461 g/mol. The van der Waals surface area contributed by atoms with Gasteiger partial charge < -0.3 is 19.7 Å². The molecule has 1 amide bonds. The molecule has 3 rings (SSSR count). The summed E-state index contributed by atoms with van der Waals surface area (Å²) in [4.78, 5) is 15.3. The Kier molecular flexibility index (Phi) is 7.76. The van der Waals surface area contributed by atoms with Gasteiger partial charge in [-0.05, 0) is 56.7 Å². The zero-order valence-electron chi connectivity index (χ0n) is 19.1. The second-order valence-electron chi connectivity index (χ2n) is 7.51. The minimum atomic E-state index is -3.69. The number of carbonyl (C=O) groups excluding carboxylic acids is 1. The third kappa shape index (κ3) is 5.06. The molecule has 0 aromatic heterocycles. The Labute approximate surface area is 190 Å². The van der Waals surface area contributed by atoms with Gasteiger partial charge in [-0.3, -0.25) is 4.79 Å². The van der Waals surface area contributed by atoms with Gasteiger partial charge in [-0.1, -0.05) is 6.07 Å². The third-order valence-electron chi connectivity index (χ3n) is 5.60. The standard InChI is InChI=1S/C23H31N3O5S/c1-5-25(6-2)21-10-9-19(32(28,29)26-11-13-31-14-12-26)16-20(21)24-23(27)18-8-7-17(3)22(15-18)30-4/h7-10,15-16H,5-6,11-14H2,1-4H3,(H,24,27). The van der Waals surface area contributed by atoms with Crippen molar-refractivity contribution in [3.63, 3.8) is 0 Å². The van der Waals surface area contributed by atoms with Gasteiger partial charge in [0.1, 0.15) is 5.75 Å². The predicted octanol–water partition coefficient (Wildman–Crippen LogP) is 3.12. The first-order valence-electron chi connectivity index (χ1n) is 10.7. The normalized spacial score (nSPS) is 14.8. The lowest BCUT2D eigenvalue weighted by atomic mass is 10.1. The van der Waals surface area contributed by atoms with E-state index in [1.807, 2.05) is 26.8 Å². The summed E-state index contributed by atoms with van der Waals surface area (Å²) in [6, 6.07) is 10.1. The Balaban J connectivity index is 1.99. The van der Waals surface area contributed by atoms with Crippen molar-refractivity contribution in [2.24, 2.45) is 0 Å². The first-order chi connectivity index (χ1) is 15.3. The largest absolute Gasteiger partial charge is 0.496 e. The molecule has 2 aromatic rings. The van der Waals surface area contributed by atoms with Gasteiger partial charge >= 0.3 is 0 Å². The lowest BCUT2D eigenvalue weighted by Crippen LogP contribution is -2.40. The van der Waals surface area contributed by atoms with Crippen molar-refractivity contribution in [3.05, 3.63) is 47.5 Å². The van der Waals surface area contributed by atoms with E-state index in [1.165, 1.54) is 4.31 Å². The minimum Gasteiger partial charge on any atom is -0.496 e. The van der Waals surface area contributed by atoms with Crippen LogP contribution in [-0.4, -0.2) is 65.1 Å². The van der Waals surface area contributed by atoms with Crippen LogP contribution in [0.25, 0.3) is 0 Å². The van der Waals surface area contributed by atoms with Crippen molar-refractivity contribution >= 4 is 27.3 Å². The molecule has 0 atom stereocenters. The fourth-order valence-electron chi connectivity index (χ4n) is 3.71. The van der Waals surface area contributed by atoms with Crippen LogP contribution in [0, 0.1) is 6.92 Å². The second-order valence-corrected chi connectivity index (χ2v) is 9.44. The summed E-state index contributed by atoms with van der Waals surface area (Å²) in [5.41, 5.74) is 2.57. The summed E-state index contributed by atoms with van der Waals surface area (Å²) >= 11 is 0. The van der Waals surface area contributed by atoms with E-state index in [2.05, 4.69) is 10.2 Å². The van der Waals surface area contributed by atoms with Crippen molar-refractivity contribution in [1.82, 2.24) is 4.31 Å². The zero-order valence-corrected chi connectivity index (χ0v) is 19.9. The Morgan fingerprint density at radius 2 is 1.81 bits per heavy atom. The molecule has 1 aliphatic rings. The maximum atomic E-state index is 13.2. The van der Waals surface area contributed by atoms with E-state index < -0.39 is 10.0 Å². The number of hydrogen-bond acceptors (Lipinski definition) is 6. The SMILES string of the molecule is CCN(CC)c1ccc(S(=O)(=O)N2CCOCC2)cc1NC(=O)c1ccc(C)c(OC)c1. The summed E-state index contributed by atoms with van der Waals surface area (Å²) in [6.07, 6.45) is 0. The van der Waals surface area contributed by atoms with Gasteiger partial charge in [0.15, 0.2) is 0 Å². The van der Waals surface area contributed by atoms with Gasteiger partial charge in [0.2, 0.25) is 10.0 Å². The fraction of sp³-hybridized carbons (Fsp3) is 0.435. The van der Waals surface area contributed by atoms with Gasteiger partial charge in [-0.25, -0.2) is 8.42 Å². The van der Waals surface area contributed by atoms with Crippen molar-refractivity contribution < 1.29 is 22.7 Å². The van der Waals surface area contributed by atoms with E-state index in [0.717, 1.165) is 11.3 Å². The topological polar surface area (TPSA) is 88.2 Å². The van der Waals surface area contributed by atoms with Gasteiger partial charge in [-0.15, -0.1) is 0 Å². The predicted molar refractivity (Wildman–Crippen MR) is 125 cm³/mol. The van der Waals surface area contributed by atoms with E-state index in [-0.39, 0.29) is 10.8 Å². The van der Waals surface area contributed by atoms with Gasteiger partial charge in [0, 0.05) is 31.7 Å². The second kappa shape index (κ2) is 10.3. The van der Waals surface area contributed by atoms with Crippen LogP contribution in [0.1, 0.15) is 29.8 Å². The molecule has 32 heavy (non-hydrogen) atoms. The smallest absolute Gasteiger partial charge is 0.255 e. The van der Waals surface area contributed by atoms with E-state index in [9.17, 15) is 13.2 Å². The third-order valence-corrected chi connectivity index (χ3v) is 7.49. The number of morpholine rings is 1. The number of rotatable bonds is 8. The van der Waals surface area contributed by atoms with E-state index in [4.69, 9.17) is 9.47 Å². The van der Waals surface area contributed by atoms with Crippen LogP contribution < -0.4 is 15.0 Å². The number of sulfonamides is 1. The number of hydrogen-bond donors (Lipinski definition) is 1. The molecule has 0 unspecified atom stereocenters. The van der Waals surface area contributed by atoms with Gasteiger partial charge in [0.05, 0.1) is 36.6 Å². The molecule has 1 N–H and O–H groups in total. The van der Waals surface area contributed by atoms with Crippen LogP contribution in [0.5, 0.6) is 5.75 Å². The lowest BCUT2D eigenvalue weighted by molar-refractivity contribution is 0.0730. The number of benzene rings is 2. The molecule has 0 bridgehead atoms. The van der Waals surface area contributed by atoms with Gasteiger partial charge in [-0.2, -0.15) is 4.31 Å². The molecule has 2 aromatic carbocycles. The van der Waals surface area contributed by atoms with Crippen molar-refractivity contribution in [1.29, 1.82) is 0 Å². The van der Waals surface area contributed by atoms with E-state index in [1.54, 1.807) is 37.4 Å². The summed E-state index contributed by atoms with van der Waals surface area (Å²) in [5.74, 6) is 0.280. The summed E-state index contributed by atoms with van der Waals surface area (Å²) < 4.78 is 38.4. The molecule has 9 heteroatoms. The van der Waals surface area contributed by atoms with E-state index >= 15 is 0 Å². The molecular formula is C23H31N3O5S. The molecule has 0 aliphatic carbocycles. The first kappa shape index (κ1) is 24.0. The van der Waals surface area contributed by atoms with E-state index in [0.29, 0.717) is 56.4 Å². The highest BCUT2D eigenvalue weighted by atomic mass is 32.2. The molecule has 1 saturated heterocycles. The molecule has 8 nitrogen and oxygen atoms in total. The highest BCUT2D eigenvalue weighted by Crippen LogP contribution is 2.31. The number of nitrogens with zero attached hydrogens (tertiary/aromatic N) is 2. The first-order valence-corrected chi connectivity index (χ1v) is 12.2. The zero-order chi connectivity index (χ0) is 23.3. The number of anilines is 2. The Morgan fingerprint density at radius 3 is 2.44 bits per heavy atom. The average Bonchev–Trinajstić information content (AvgIpc) is 2.81. The molecule has 0 radical (unpaired) electrons. The number of aryl methyl sites for hydroxylation is 1. The Bertz CT molecular complexity index is 1060. The van der Waals surface area contributed by atoms with Crippen LogP contribution >= 0.6 is 0 Å². The maximum absolute atomic E-state index is 13.2. The quantitative estimate of drug-likeness (QED) is 0.650. The number of nitrogens with one attached hydrogen (secondary N) is 1. The van der Waals surface area contributed by atoms with Crippen molar-refractivity contribution in [2.45, 2.75) is 25.7 Å². The summed E-state index contributed by atoms with van der Waals surface area (Å²) in [5, 5.41) is 2.92. The molecule has 1 heterocycles. The lowest BCUT2D eigenvalue weighted by Gasteiger charge is -2.28. The Morgan fingerprint density at radius 1 is 1.12 bits per heavy atom. The Hall–Kier alpha value is -2.62. The summed E-state index contributed by atoms with van der Waals surface area (Å²) in [7, 11) is -2.14. The molecule has 174 valence electrons. The molecular weight excluding hydrogens is 430 g/mol. The van der Waals surface area contributed by atoms with Crippen LogP contribution in [0.4, 0.5) is 11.4 Å². The van der Waals surface area contributed by atoms with Crippen molar-refractivity contribution in [2.75, 3.05) is 56.7 Å². The van der Waals surface area contributed by atoms with Crippen LogP contribution in [-0.2, 0) is 14.8 Å². The van der Waals surface area contributed by atoms with Crippen LogP contribution in [0.15, 0.2) is 41.3 Å². The fourth-order valence-corrected chi connectivity index (χ4v) is 5.14. The number of carbonyl (C=O) groups is 1. The molecule has 0 spiro atoms. The minimum absolute atomic E-state index is 0.145. The number of amides is 1. The molecule has 0 saturated carbocycles. The number of methoxy groups -OCH3 is 1. The summed E-state index contributed by atoms with van der Waals surface area (Å²) in [6.45, 7) is 8.72. The average molecular weight is 462 g/mol. The maximum Gasteiger partial charge on any atom is 0.255 e. The van der Waals surface area contributed by atoms with Crippen LogP contribution in [0.3, 0.4) is 0 Å². The highest BCUT2D eigenvalue weighted by molar-refractivity contribution is 7.89. The number of ether oxygens (including phenoxy) is 2. The van der Waals surface area contributed by atoms with Crippen LogP contribution in [0.2, 0.25) is 0 Å². The van der Waals surface area contributed by atoms with Gasteiger partial charge in [0.25, 0.3) is 5.91 Å². The molecule has 1 fully saturated rings. The van der Waals surface area contributed by atoms with Crippen molar-refractivity contribution in [3.8, 4) is 5.75 Å². The highest BCUT2D eigenvalue weighted by Gasteiger charge is 2.27.